The smallest absolute Gasteiger partial charge is 0.146 e. The van der Waals surface area contributed by atoms with E-state index in [1.54, 1.807) is 7.11 Å². The van der Waals surface area contributed by atoms with Gasteiger partial charge in [-0.2, -0.15) is 0 Å². The average molecular weight is 228 g/mol. The van der Waals surface area contributed by atoms with Crippen LogP contribution in [0.1, 0.15) is 46.5 Å². The standard InChI is InChI=1S/C12H24N2O2/c1-5-6-7-8-12(15)10(2)13-9-14-11(3)16-4/h9,11-12,15H,5-8H2,1-4H3/b13-10+,14-9-/t11?,12-/m1/s1. The molecule has 0 aliphatic rings. The minimum atomic E-state index is -0.448. The summed E-state index contributed by atoms with van der Waals surface area (Å²) in [6.45, 7) is 5.80. The highest BCUT2D eigenvalue weighted by Gasteiger charge is 2.06. The molecule has 1 N–H and O–H groups in total. The fourth-order valence-corrected chi connectivity index (χ4v) is 1.16. The Kier molecular flexibility index (Phi) is 9.04. The van der Waals surface area contributed by atoms with Gasteiger partial charge in [0, 0.05) is 12.8 Å². The van der Waals surface area contributed by atoms with Gasteiger partial charge in [0.15, 0.2) is 0 Å². The molecule has 0 spiro atoms. The maximum absolute atomic E-state index is 9.74. The fraction of sp³-hybridized carbons (Fsp3) is 0.833. The van der Waals surface area contributed by atoms with E-state index in [1.165, 1.54) is 6.34 Å². The predicted octanol–water partition coefficient (Wildman–Crippen LogP) is 2.41. The summed E-state index contributed by atoms with van der Waals surface area (Å²) < 4.78 is 4.94. The molecule has 0 bridgehead atoms. The van der Waals surface area contributed by atoms with Gasteiger partial charge in [0.1, 0.15) is 12.6 Å². The van der Waals surface area contributed by atoms with Crippen molar-refractivity contribution in [3.8, 4) is 0 Å². The van der Waals surface area contributed by atoms with E-state index < -0.39 is 6.10 Å². The van der Waals surface area contributed by atoms with Crippen LogP contribution in [0.4, 0.5) is 0 Å². The molecule has 0 aromatic rings. The highest BCUT2D eigenvalue weighted by Crippen LogP contribution is 2.04. The van der Waals surface area contributed by atoms with Crippen LogP contribution in [-0.4, -0.2) is 36.6 Å². The molecule has 0 amide bonds. The SMILES string of the molecule is CCCCC[C@@H](O)/C(C)=N/C=N\C(C)OC. The molecule has 2 atom stereocenters. The van der Waals surface area contributed by atoms with Crippen LogP contribution >= 0.6 is 0 Å². The Labute approximate surface area is 98.5 Å². The van der Waals surface area contributed by atoms with Crippen molar-refractivity contribution in [3.63, 3.8) is 0 Å². The van der Waals surface area contributed by atoms with E-state index in [-0.39, 0.29) is 6.23 Å². The van der Waals surface area contributed by atoms with Crippen molar-refractivity contribution in [3.05, 3.63) is 0 Å². The van der Waals surface area contributed by atoms with Crippen LogP contribution in [0.2, 0.25) is 0 Å². The summed E-state index contributed by atoms with van der Waals surface area (Å²) in [6, 6.07) is 0. The summed E-state index contributed by atoms with van der Waals surface area (Å²) >= 11 is 0. The highest BCUT2D eigenvalue weighted by molar-refractivity contribution is 5.91. The van der Waals surface area contributed by atoms with Gasteiger partial charge in [-0.05, 0) is 20.3 Å². The number of hydrogen-bond donors (Lipinski definition) is 1. The van der Waals surface area contributed by atoms with E-state index in [0.717, 1.165) is 25.7 Å². The molecule has 0 saturated carbocycles. The number of aliphatic imine (C=N–C) groups is 2. The molecule has 0 saturated heterocycles. The van der Waals surface area contributed by atoms with Gasteiger partial charge in [-0.1, -0.05) is 26.2 Å². The van der Waals surface area contributed by atoms with Gasteiger partial charge in [-0.3, -0.25) is 0 Å². The number of ether oxygens (including phenoxy) is 1. The Morgan fingerprint density at radius 1 is 1.44 bits per heavy atom. The van der Waals surface area contributed by atoms with Crippen LogP contribution in [0.3, 0.4) is 0 Å². The van der Waals surface area contributed by atoms with Crippen molar-refractivity contribution < 1.29 is 9.84 Å². The number of unbranched alkanes of at least 4 members (excludes halogenated alkanes) is 2. The van der Waals surface area contributed by atoms with E-state index in [9.17, 15) is 5.11 Å². The van der Waals surface area contributed by atoms with Crippen LogP contribution in [0.5, 0.6) is 0 Å². The molecule has 0 fully saturated rings. The largest absolute Gasteiger partial charge is 0.387 e. The van der Waals surface area contributed by atoms with Crippen LogP contribution in [-0.2, 0) is 4.74 Å². The zero-order valence-corrected chi connectivity index (χ0v) is 10.8. The lowest BCUT2D eigenvalue weighted by atomic mass is 10.1. The lowest BCUT2D eigenvalue weighted by molar-refractivity contribution is 0.126. The Bertz CT molecular complexity index is 227. The summed E-state index contributed by atoms with van der Waals surface area (Å²) in [4.78, 5) is 8.10. The second-order valence-corrected chi connectivity index (χ2v) is 3.88. The van der Waals surface area contributed by atoms with E-state index in [2.05, 4.69) is 16.9 Å². The van der Waals surface area contributed by atoms with Gasteiger partial charge in [0.2, 0.25) is 0 Å². The molecule has 94 valence electrons. The van der Waals surface area contributed by atoms with E-state index in [0.29, 0.717) is 5.71 Å². The van der Waals surface area contributed by atoms with Crippen LogP contribution in [0, 0.1) is 0 Å². The van der Waals surface area contributed by atoms with Crippen molar-refractivity contribution in [2.24, 2.45) is 9.98 Å². The zero-order chi connectivity index (χ0) is 12.4. The molecule has 0 rings (SSSR count). The Morgan fingerprint density at radius 2 is 2.12 bits per heavy atom. The van der Waals surface area contributed by atoms with Gasteiger partial charge >= 0.3 is 0 Å². The molecular formula is C12H24N2O2. The van der Waals surface area contributed by atoms with Gasteiger partial charge < -0.3 is 9.84 Å². The maximum Gasteiger partial charge on any atom is 0.146 e. The highest BCUT2D eigenvalue weighted by atomic mass is 16.5. The second-order valence-electron chi connectivity index (χ2n) is 3.88. The van der Waals surface area contributed by atoms with Gasteiger partial charge in [-0.25, -0.2) is 9.98 Å². The minimum Gasteiger partial charge on any atom is -0.387 e. The molecule has 4 heteroatoms. The number of hydrogen-bond acceptors (Lipinski definition) is 3. The molecule has 1 unspecified atom stereocenters. The molecule has 16 heavy (non-hydrogen) atoms. The molecular weight excluding hydrogens is 204 g/mol. The van der Waals surface area contributed by atoms with E-state index >= 15 is 0 Å². The third-order valence-electron chi connectivity index (χ3n) is 2.44. The first kappa shape index (κ1) is 15.3. The summed E-state index contributed by atoms with van der Waals surface area (Å²) in [5, 5.41) is 9.74. The van der Waals surface area contributed by atoms with Gasteiger partial charge in [-0.15, -0.1) is 0 Å². The topological polar surface area (TPSA) is 54.2 Å². The maximum atomic E-state index is 9.74. The van der Waals surface area contributed by atoms with Crippen molar-refractivity contribution in [1.82, 2.24) is 0 Å². The average Bonchev–Trinajstić information content (AvgIpc) is 2.28. The number of rotatable bonds is 8. The third-order valence-corrected chi connectivity index (χ3v) is 2.44. The molecule has 4 nitrogen and oxygen atoms in total. The van der Waals surface area contributed by atoms with E-state index in [1.807, 2.05) is 13.8 Å². The first-order valence-corrected chi connectivity index (χ1v) is 5.88. The Hall–Kier alpha value is -0.740. The van der Waals surface area contributed by atoms with Gasteiger partial charge in [0.05, 0.1) is 6.10 Å². The summed E-state index contributed by atoms with van der Waals surface area (Å²) in [7, 11) is 1.60. The number of nitrogens with zero attached hydrogens (tertiary/aromatic N) is 2. The summed E-state index contributed by atoms with van der Waals surface area (Å²) in [5.74, 6) is 0. The zero-order valence-electron chi connectivity index (χ0n) is 10.8. The van der Waals surface area contributed by atoms with E-state index in [4.69, 9.17) is 4.74 Å². The first-order chi connectivity index (χ1) is 7.61. The second kappa shape index (κ2) is 9.48. The Morgan fingerprint density at radius 3 is 2.69 bits per heavy atom. The lowest BCUT2D eigenvalue weighted by Crippen LogP contribution is -2.17. The molecule has 0 aromatic heterocycles. The normalized spacial score (nSPS) is 16.7. The molecule has 0 radical (unpaired) electrons. The summed E-state index contributed by atoms with van der Waals surface area (Å²) in [6.07, 6.45) is 4.94. The monoisotopic (exact) mass is 228 g/mol. The van der Waals surface area contributed by atoms with Crippen LogP contribution in [0.25, 0.3) is 0 Å². The van der Waals surface area contributed by atoms with Crippen LogP contribution in [0.15, 0.2) is 9.98 Å². The predicted molar refractivity (Wildman–Crippen MR) is 68.2 cm³/mol. The Balaban J connectivity index is 3.96. The van der Waals surface area contributed by atoms with Crippen LogP contribution < -0.4 is 0 Å². The van der Waals surface area contributed by atoms with Crippen molar-refractivity contribution in [2.45, 2.75) is 58.8 Å². The van der Waals surface area contributed by atoms with Gasteiger partial charge in [0.25, 0.3) is 0 Å². The quantitative estimate of drug-likeness (QED) is 0.394. The fourth-order valence-electron chi connectivity index (χ4n) is 1.16. The van der Waals surface area contributed by atoms with Crippen molar-refractivity contribution in [1.29, 1.82) is 0 Å². The molecule has 0 aliphatic heterocycles. The minimum absolute atomic E-state index is 0.186. The number of aliphatic hydroxyl groups excluding tert-OH is 1. The lowest BCUT2D eigenvalue weighted by Gasteiger charge is -2.08. The first-order valence-electron chi connectivity index (χ1n) is 5.88. The third kappa shape index (κ3) is 7.54. The summed E-state index contributed by atoms with van der Waals surface area (Å²) in [5.41, 5.74) is 0.711. The van der Waals surface area contributed by atoms with Crippen molar-refractivity contribution in [2.75, 3.05) is 7.11 Å². The molecule has 0 aromatic carbocycles. The van der Waals surface area contributed by atoms with Crippen molar-refractivity contribution >= 4 is 12.1 Å². The molecule has 0 heterocycles. The number of aliphatic hydroxyl groups is 1. The molecule has 0 aliphatic carbocycles. The number of methoxy groups -OCH3 is 1.